The second-order valence-corrected chi connectivity index (χ2v) is 5.17. The van der Waals surface area contributed by atoms with Gasteiger partial charge in [-0.15, -0.1) is 0 Å². The van der Waals surface area contributed by atoms with Crippen LogP contribution in [0.15, 0.2) is 42.5 Å². The molecule has 0 atom stereocenters. The van der Waals surface area contributed by atoms with E-state index in [0.717, 1.165) is 5.56 Å². The summed E-state index contributed by atoms with van der Waals surface area (Å²) in [6, 6.07) is 12.4. The summed E-state index contributed by atoms with van der Waals surface area (Å²) in [6.07, 6.45) is 0.245. The van der Waals surface area contributed by atoms with Crippen molar-refractivity contribution in [2.24, 2.45) is 0 Å². The molecule has 0 saturated carbocycles. The van der Waals surface area contributed by atoms with Gasteiger partial charge in [0.2, 0.25) is 18.6 Å². The van der Waals surface area contributed by atoms with E-state index >= 15 is 0 Å². The first-order chi connectivity index (χ1) is 11.1. The summed E-state index contributed by atoms with van der Waals surface area (Å²) >= 11 is 0. The Morgan fingerprint density at radius 3 is 2.39 bits per heavy atom. The molecule has 3 rings (SSSR count). The normalized spacial score (nSPS) is 11.9. The molecule has 6 nitrogen and oxygen atoms in total. The molecule has 0 aliphatic carbocycles. The zero-order valence-electron chi connectivity index (χ0n) is 12.6. The van der Waals surface area contributed by atoms with Crippen molar-refractivity contribution in [3.8, 4) is 11.5 Å². The fraction of sp³-hybridized carbons (Fsp3) is 0.176. The highest BCUT2D eigenvalue weighted by Gasteiger charge is 2.14. The molecule has 6 heteroatoms. The van der Waals surface area contributed by atoms with E-state index in [1.807, 2.05) is 12.1 Å². The fourth-order valence-corrected chi connectivity index (χ4v) is 2.27. The lowest BCUT2D eigenvalue weighted by molar-refractivity contribution is -0.116. The topological polar surface area (TPSA) is 76.7 Å². The van der Waals surface area contributed by atoms with Gasteiger partial charge in [-0.25, -0.2) is 0 Å². The molecule has 0 fully saturated rings. The van der Waals surface area contributed by atoms with Gasteiger partial charge >= 0.3 is 0 Å². The molecule has 23 heavy (non-hydrogen) atoms. The third kappa shape index (κ3) is 3.79. The highest BCUT2D eigenvalue weighted by molar-refractivity contribution is 5.93. The van der Waals surface area contributed by atoms with Crippen molar-refractivity contribution in [3.63, 3.8) is 0 Å². The monoisotopic (exact) mass is 312 g/mol. The molecule has 0 radical (unpaired) electrons. The van der Waals surface area contributed by atoms with Crippen LogP contribution < -0.4 is 20.1 Å². The van der Waals surface area contributed by atoms with Gasteiger partial charge < -0.3 is 20.1 Å². The van der Waals surface area contributed by atoms with Crippen molar-refractivity contribution in [2.45, 2.75) is 13.3 Å². The van der Waals surface area contributed by atoms with Gasteiger partial charge in [0, 0.05) is 24.4 Å². The summed E-state index contributed by atoms with van der Waals surface area (Å²) in [5.74, 6) is 1.05. The second-order valence-electron chi connectivity index (χ2n) is 5.17. The molecule has 2 aromatic carbocycles. The molecule has 1 heterocycles. The average molecular weight is 312 g/mol. The number of anilines is 2. The van der Waals surface area contributed by atoms with Crippen molar-refractivity contribution in [3.05, 3.63) is 48.0 Å². The van der Waals surface area contributed by atoms with Crippen molar-refractivity contribution in [1.82, 2.24) is 0 Å². The number of benzene rings is 2. The zero-order valence-corrected chi connectivity index (χ0v) is 12.6. The molecule has 2 amide bonds. The van der Waals surface area contributed by atoms with Gasteiger partial charge in [0.25, 0.3) is 0 Å². The SMILES string of the molecule is CC(=O)Nc1ccc(CC(=O)Nc2ccc3c(c2)OCO3)cc1. The number of carbonyl (C=O) groups is 2. The Morgan fingerprint density at radius 2 is 1.65 bits per heavy atom. The van der Waals surface area contributed by atoms with Crippen LogP contribution in [-0.4, -0.2) is 18.6 Å². The summed E-state index contributed by atoms with van der Waals surface area (Å²) < 4.78 is 10.5. The Kier molecular flexibility index (Phi) is 4.14. The maximum absolute atomic E-state index is 12.1. The first kappa shape index (κ1) is 14.9. The highest BCUT2D eigenvalue weighted by Crippen LogP contribution is 2.34. The molecule has 2 N–H and O–H groups in total. The van der Waals surface area contributed by atoms with Crippen molar-refractivity contribution < 1.29 is 19.1 Å². The van der Waals surface area contributed by atoms with Gasteiger partial charge in [-0.3, -0.25) is 9.59 Å². The third-order valence-corrected chi connectivity index (χ3v) is 3.30. The molecule has 118 valence electrons. The van der Waals surface area contributed by atoms with E-state index in [9.17, 15) is 9.59 Å². The number of carbonyl (C=O) groups excluding carboxylic acids is 2. The van der Waals surface area contributed by atoms with Crippen LogP contribution in [0.25, 0.3) is 0 Å². The van der Waals surface area contributed by atoms with Gasteiger partial charge in [-0.1, -0.05) is 12.1 Å². The van der Waals surface area contributed by atoms with E-state index in [4.69, 9.17) is 9.47 Å². The van der Waals surface area contributed by atoms with Gasteiger partial charge in [-0.05, 0) is 29.8 Å². The maximum Gasteiger partial charge on any atom is 0.231 e. The molecule has 0 saturated heterocycles. The van der Waals surface area contributed by atoms with E-state index in [1.165, 1.54) is 6.92 Å². The predicted octanol–water partition coefficient (Wildman–Crippen LogP) is 2.55. The molecule has 0 unspecified atom stereocenters. The standard InChI is InChI=1S/C17H16N2O4/c1-11(20)18-13-4-2-12(3-5-13)8-17(21)19-14-6-7-15-16(9-14)23-10-22-15/h2-7,9H,8,10H2,1H3,(H,18,20)(H,19,21). The van der Waals surface area contributed by atoms with Crippen LogP contribution in [0, 0.1) is 0 Å². The number of hydrogen-bond acceptors (Lipinski definition) is 4. The fourth-order valence-electron chi connectivity index (χ4n) is 2.27. The van der Waals surface area contributed by atoms with Crippen molar-refractivity contribution in [1.29, 1.82) is 0 Å². The summed E-state index contributed by atoms with van der Waals surface area (Å²) in [7, 11) is 0. The zero-order chi connectivity index (χ0) is 16.2. The Bertz CT molecular complexity index is 741. The molecular weight excluding hydrogens is 296 g/mol. The van der Waals surface area contributed by atoms with E-state index in [-0.39, 0.29) is 25.0 Å². The number of amides is 2. The van der Waals surface area contributed by atoms with Crippen molar-refractivity contribution in [2.75, 3.05) is 17.4 Å². The summed E-state index contributed by atoms with van der Waals surface area (Å²) in [6.45, 7) is 1.65. The van der Waals surface area contributed by atoms with Crippen molar-refractivity contribution >= 4 is 23.2 Å². The lowest BCUT2D eigenvalue weighted by Crippen LogP contribution is -2.14. The molecule has 1 aliphatic heterocycles. The summed E-state index contributed by atoms with van der Waals surface area (Å²) in [4.78, 5) is 23.1. The minimum Gasteiger partial charge on any atom is -0.454 e. The molecule has 0 aromatic heterocycles. The van der Waals surface area contributed by atoms with Crippen LogP contribution in [0.4, 0.5) is 11.4 Å². The number of hydrogen-bond donors (Lipinski definition) is 2. The Balaban J connectivity index is 1.59. The molecule has 2 aromatic rings. The lowest BCUT2D eigenvalue weighted by Gasteiger charge is -2.07. The summed E-state index contributed by atoms with van der Waals surface area (Å²) in [5.41, 5.74) is 2.23. The van der Waals surface area contributed by atoms with Gasteiger partial charge in [0.15, 0.2) is 11.5 Å². The number of nitrogens with one attached hydrogen (secondary N) is 2. The first-order valence-electron chi connectivity index (χ1n) is 7.16. The predicted molar refractivity (Wildman–Crippen MR) is 85.6 cm³/mol. The quantitative estimate of drug-likeness (QED) is 0.909. The minimum absolute atomic E-state index is 0.127. The van der Waals surface area contributed by atoms with E-state index < -0.39 is 0 Å². The minimum atomic E-state index is -0.129. The van der Waals surface area contributed by atoms with Crippen LogP contribution in [0.2, 0.25) is 0 Å². The van der Waals surface area contributed by atoms with Crippen LogP contribution in [0.5, 0.6) is 11.5 Å². The molecular formula is C17H16N2O4. The lowest BCUT2D eigenvalue weighted by atomic mass is 10.1. The smallest absolute Gasteiger partial charge is 0.231 e. The molecule has 0 bridgehead atoms. The van der Waals surface area contributed by atoms with Crippen LogP contribution >= 0.6 is 0 Å². The Labute approximate surface area is 133 Å². The largest absolute Gasteiger partial charge is 0.454 e. The third-order valence-electron chi connectivity index (χ3n) is 3.30. The number of rotatable bonds is 4. The first-order valence-corrected chi connectivity index (χ1v) is 7.16. The van der Waals surface area contributed by atoms with E-state index in [2.05, 4.69) is 10.6 Å². The second kappa shape index (κ2) is 6.39. The Hall–Kier alpha value is -3.02. The average Bonchev–Trinajstić information content (AvgIpc) is 2.96. The highest BCUT2D eigenvalue weighted by atomic mass is 16.7. The summed E-state index contributed by atoms with van der Waals surface area (Å²) in [5, 5.41) is 5.51. The van der Waals surface area contributed by atoms with Crippen LogP contribution in [-0.2, 0) is 16.0 Å². The molecule has 1 aliphatic rings. The van der Waals surface area contributed by atoms with Crippen LogP contribution in [0.1, 0.15) is 12.5 Å². The van der Waals surface area contributed by atoms with E-state index in [1.54, 1.807) is 30.3 Å². The van der Waals surface area contributed by atoms with Gasteiger partial charge in [0.1, 0.15) is 0 Å². The number of ether oxygens (including phenoxy) is 2. The molecule has 0 spiro atoms. The van der Waals surface area contributed by atoms with Gasteiger partial charge in [-0.2, -0.15) is 0 Å². The van der Waals surface area contributed by atoms with E-state index in [0.29, 0.717) is 22.9 Å². The Morgan fingerprint density at radius 1 is 0.957 bits per heavy atom. The van der Waals surface area contributed by atoms with Gasteiger partial charge in [0.05, 0.1) is 6.42 Å². The number of fused-ring (bicyclic) bond motifs is 1. The van der Waals surface area contributed by atoms with Crippen LogP contribution in [0.3, 0.4) is 0 Å². The maximum atomic E-state index is 12.1.